The van der Waals surface area contributed by atoms with Crippen LogP contribution >= 0.6 is 0 Å². The molecule has 0 N–H and O–H groups in total. The molecule has 18 heavy (non-hydrogen) atoms. The van der Waals surface area contributed by atoms with Crippen LogP contribution in [0.5, 0.6) is 0 Å². The quantitative estimate of drug-likeness (QED) is 0.596. The van der Waals surface area contributed by atoms with Gasteiger partial charge in [0, 0.05) is 31.6 Å². The number of rotatable bonds is 5. The maximum absolute atomic E-state index is 13.2. The van der Waals surface area contributed by atoms with Gasteiger partial charge in [0.2, 0.25) is 0 Å². The normalized spacial score (nSPS) is 11.3. The molecule has 0 atom stereocenters. The maximum Gasteiger partial charge on any atom is 0.274 e. The van der Waals surface area contributed by atoms with Crippen molar-refractivity contribution in [3.05, 3.63) is 34.1 Å². The van der Waals surface area contributed by atoms with E-state index in [0.29, 0.717) is 0 Å². The number of nitro groups is 1. The average Bonchev–Trinajstić information content (AvgIpc) is 2.23. The molecule has 0 aliphatic rings. The van der Waals surface area contributed by atoms with Crippen LogP contribution in [0.15, 0.2) is 18.2 Å². The van der Waals surface area contributed by atoms with Crippen molar-refractivity contribution in [2.24, 2.45) is 0 Å². The van der Waals surface area contributed by atoms with E-state index in [1.165, 1.54) is 11.0 Å². The first-order chi connectivity index (χ1) is 8.19. The number of hydrogen-bond donors (Lipinski definition) is 0. The van der Waals surface area contributed by atoms with Crippen LogP contribution in [-0.2, 0) is 9.84 Å². The van der Waals surface area contributed by atoms with Gasteiger partial charge in [0.25, 0.3) is 5.69 Å². The fourth-order valence-electron chi connectivity index (χ4n) is 1.32. The number of nitrogens with zero attached hydrogens (tertiary/aromatic N) is 2. The van der Waals surface area contributed by atoms with Gasteiger partial charge in [0.05, 0.1) is 16.7 Å². The molecule has 1 rings (SSSR count). The molecule has 0 saturated carbocycles. The van der Waals surface area contributed by atoms with Gasteiger partial charge in [-0.2, -0.15) is 0 Å². The van der Waals surface area contributed by atoms with Gasteiger partial charge >= 0.3 is 0 Å². The van der Waals surface area contributed by atoms with E-state index in [9.17, 15) is 22.9 Å². The summed E-state index contributed by atoms with van der Waals surface area (Å²) in [4.78, 5) is 11.3. The smallest absolute Gasteiger partial charge is 0.274 e. The highest BCUT2D eigenvalue weighted by molar-refractivity contribution is 7.90. The van der Waals surface area contributed by atoms with E-state index in [1.54, 1.807) is 7.05 Å². The van der Waals surface area contributed by atoms with Crippen LogP contribution in [0.2, 0.25) is 0 Å². The van der Waals surface area contributed by atoms with E-state index in [-0.39, 0.29) is 23.7 Å². The molecule has 0 radical (unpaired) electrons. The van der Waals surface area contributed by atoms with Crippen LogP contribution in [0.3, 0.4) is 0 Å². The molecule has 0 unspecified atom stereocenters. The van der Waals surface area contributed by atoms with Crippen LogP contribution in [-0.4, -0.2) is 38.9 Å². The molecule has 100 valence electrons. The average molecular weight is 276 g/mol. The molecule has 0 aliphatic heterocycles. The van der Waals surface area contributed by atoms with Gasteiger partial charge in [-0.3, -0.25) is 10.1 Å². The molecule has 0 aliphatic carbocycles. The molecule has 0 spiro atoms. The van der Waals surface area contributed by atoms with Crippen molar-refractivity contribution >= 4 is 21.2 Å². The fourth-order valence-corrected chi connectivity index (χ4v) is 1.92. The van der Waals surface area contributed by atoms with Gasteiger partial charge in [0.15, 0.2) is 0 Å². The summed E-state index contributed by atoms with van der Waals surface area (Å²) < 4.78 is 35.2. The maximum atomic E-state index is 13.2. The molecule has 0 amide bonds. The number of benzene rings is 1. The van der Waals surface area contributed by atoms with Gasteiger partial charge < -0.3 is 4.90 Å². The minimum absolute atomic E-state index is 0.103. The minimum Gasteiger partial charge on any atom is -0.373 e. The standard InChI is InChI=1S/C10H13FN2O4S/c1-12(3-4-18(2,16)17)9-5-8(11)6-10(7-9)13(14)15/h5-7H,3-4H2,1-2H3. The van der Waals surface area contributed by atoms with Gasteiger partial charge in [-0.1, -0.05) is 0 Å². The van der Waals surface area contributed by atoms with E-state index < -0.39 is 20.6 Å². The first kappa shape index (κ1) is 14.4. The lowest BCUT2D eigenvalue weighted by Crippen LogP contribution is -2.25. The molecule has 0 aromatic heterocycles. The van der Waals surface area contributed by atoms with Gasteiger partial charge in [0.1, 0.15) is 15.7 Å². The van der Waals surface area contributed by atoms with Crippen molar-refractivity contribution in [2.45, 2.75) is 0 Å². The summed E-state index contributed by atoms with van der Waals surface area (Å²) in [5.74, 6) is -0.834. The van der Waals surface area contributed by atoms with Crippen LogP contribution in [0.4, 0.5) is 15.8 Å². The third-order valence-electron chi connectivity index (χ3n) is 2.32. The molecule has 8 heteroatoms. The summed E-state index contributed by atoms with van der Waals surface area (Å²) in [6.07, 6.45) is 1.09. The Morgan fingerprint density at radius 1 is 1.39 bits per heavy atom. The highest BCUT2D eigenvalue weighted by Gasteiger charge is 2.13. The van der Waals surface area contributed by atoms with Gasteiger partial charge in [-0.25, -0.2) is 12.8 Å². The monoisotopic (exact) mass is 276 g/mol. The number of anilines is 1. The summed E-state index contributed by atoms with van der Waals surface area (Å²) >= 11 is 0. The molecular formula is C10H13FN2O4S. The second-order valence-electron chi connectivity index (χ2n) is 3.98. The third kappa shape index (κ3) is 4.28. The largest absolute Gasteiger partial charge is 0.373 e. The molecule has 1 aromatic carbocycles. The van der Waals surface area contributed by atoms with Crippen molar-refractivity contribution in [1.82, 2.24) is 0 Å². The molecule has 1 aromatic rings. The Morgan fingerprint density at radius 2 is 2.00 bits per heavy atom. The molecular weight excluding hydrogens is 263 g/mol. The van der Waals surface area contributed by atoms with Crippen molar-refractivity contribution in [1.29, 1.82) is 0 Å². The number of nitro benzene ring substituents is 1. The molecule has 0 fully saturated rings. The Kier molecular flexibility index (Phi) is 4.23. The second-order valence-corrected chi connectivity index (χ2v) is 6.24. The molecule has 6 nitrogen and oxygen atoms in total. The van der Waals surface area contributed by atoms with E-state index >= 15 is 0 Å². The summed E-state index contributed by atoms with van der Waals surface area (Å²) in [7, 11) is -1.59. The fraction of sp³-hybridized carbons (Fsp3) is 0.400. The minimum atomic E-state index is -3.13. The summed E-state index contributed by atoms with van der Waals surface area (Å²) in [5, 5.41) is 10.6. The van der Waals surface area contributed by atoms with E-state index in [1.807, 2.05) is 0 Å². The van der Waals surface area contributed by atoms with Crippen LogP contribution in [0.25, 0.3) is 0 Å². The van der Waals surface area contributed by atoms with E-state index in [2.05, 4.69) is 0 Å². The van der Waals surface area contributed by atoms with Crippen molar-refractivity contribution in [3.8, 4) is 0 Å². The Labute approximate surface area is 104 Å². The van der Waals surface area contributed by atoms with E-state index in [4.69, 9.17) is 0 Å². The van der Waals surface area contributed by atoms with Crippen molar-refractivity contribution in [3.63, 3.8) is 0 Å². The van der Waals surface area contributed by atoms with Gasteiger partial charge in [-0.05, 0) is 6.07 Å². The number of halogens is 1. The van der Waals surface area contributed by atoms with Crippen LogP contribution in [0.1, 0.15) is 0 Å². The zero-order chi connectivity index (χ0) is 13.9. The number of non-ortho nitro benzene ring substituents is 1. The lowest BCUT2D eigenvalue weighted by molar-refractivity contribution is -0.385. The lowest BCUT2D eigenvalue weighted by atomic mass is 10.2. The molecule has 0 saturated heterocycles. The zero-order valence-corrected chi connectivity index (χ0v) is 10.8. The number of hydrogen-bond acceptors (Lipinski definition) is 5. The van der Waals surface area contributed by atoms with Crippen LogP contribution in [0, 0.1) is 15.9 Å². The molecule has 0 heterocycles. The second kappa shape index (κ2) is 5.30. The van der Waals surface area contributed by atoms with Crippen molar-refractivity contribution < 1.29 is 17.7 Å². The SMILES string of the molecule is CN(CCS(C)(=O)=O)c1cc(F)cc([N+](=O)[O-])c1. The highest BCUT2D eigenvalue weighted by atomic mass is 32.2. The van der Waals surface area contributed by atoms with Gasteiger partial charge in [-0.15, -0.1) is 0 Å². The Balaban J connectivity index is 2.92. The summed E-state index contributed by atoms with van der Waals surface area (Å²) in [5.41, 5.74) is -0.0958. The molecule has 0 bridgehead atoms. The zero-order valence-electron chi connectivity index (χ0n) is 9.96. The Bertz CT molecular complexity index is 559. The van der Waals surface area contributed by atoms with Crippen molar-refractivity contribution in [2.75, 3.05) is 30.5 Å². The first-order valence-corrected chi connectivity index (χ1v) is 7.09. The Morgan fingerprint density at radius 3 is 2.50 bits per heavy atom. The Hall–Kier alpha value is -1.70. The predicted octanol–water partition coefficient (Wildman–Crippen LogP) is 1.21. The topological polar surface area (TPSA) is 80.5 Å². The third-order valence-corrected chi connectivity index (χ3v) is 3.24. The summed E-state index contributed by atoms with van der Waals surface area (Å²) in [6, 6.07) is 3.13. The predicted molar refractivity (Wildman–Crippen MR) is 66.0 cm³/mol. The highest BCUT2D eigenvalue weighted by Crippen LogP contribution is 2.22. The van der Waals surface area contributed by atoms with Crippen LogP contribution < -0.4 is 4.90 Å². The summed E-state index contributed by atoms with van der Waals surface area (Å²) in [6.45, 7) is 0.138. The first-order valence-electron chi connectivity index (χ1n) is 5.03. The lowest BCUT2D eigenvalue weighted by Gasteiger charge is -2.18. The number of sulfone groups is 1. The van der Waals surface area contributed by atoms with E-state index in [0.717, 1.165) is 18.4 Å².